The number of nitrogens with zero attached hydrogens (tertiary/aromatic N) is 2. The molecule has 1 heterocycles. The van der Waals surface area contributed by atoms with Gasteiger partial charge in [-0.1, -0.05) is 30.3 Å². The lowest BCUT2D eigenvalue weighted by Crippen LogP contribution is -2.30. The maximum Gasteiger partial charge on any atom is 0.407 e. The van der Waals surface area contributed by atoms with E-state index in [2.05, 4.69) is 15.3 Å². The molecule has 0 bridgehead atoms. The second kappa shape index (κ2) is 8.14. The lowest BCUT2D eigenvalue weighted by molar-refractivity contribution is 0.147. The molecule has 23 heavy (non-hydrogen) atoms. The van der Waals surface area contributed by atoms with E-state index in [9.17, 15) is 4.79 Å². The number of amides is 1. The van der Waals surface area contributed by atoms with Gasteiger partial charge in [0.05, 0.1) is 18.3 Å². The maximum atomic E-state index is 11.8. The number of guanidine groups is 1. The monoisotopic (exact) mass is 333 g/mol. The van der Waals surface area contributed by atoms with Crippen molar-refractivity contribution in [3.05, 3.63) is 47.0 Å². The zero-order valence-corrected chi connectivity index (χ0v) is 13.5. The maximum absolute atomic E-state index is 11.8. The molecule has 0 saturated heterocycles. The highest BCUT2D eigenvalue weighted by atomic mass is 32.1. The minimum absolute atomic E-state index is 0.0520. The van der Waals surface area contributed by atoms with Crippen LogP contribution in [0.15, 0.2) is 40.7 Å². The fraction of sp³-hybridized carbons (Fsp3) is 0.267. The van der Waals surface area contributed by atoms with Crippen molar-refractivity contribution in [3.8, 4) is 0 Å². The van der Waals surface area contributed by atoms with Crippen molar-refractivity contribution in [2.24, 2.45) is 16.5 Å². The first-order valence-corrected chi connectivity index (χ1v) is 7.98. The van der Waals surface area contributed by atoms with Gasteiger partial charge in [0.15, 0.2) is 5.96 Å². The molecule has 1 aromatic heterocycles. The molecule has 1 aromatic carbocycles. The summed E-state index contributed by atoms with van der Waals surface area (Å²) in [6.45, 7) is 2.06. The summed E-state index contributed by atoms with van der Waals surface area (Å²) in [6, 6.07) is 9.49. The molecule has 0 radical (unpaired) electrons. The van der Waals surface area contributed by atoms with Gasteiger partial charge in [0.2, 0.25) is 5.13 Å². The summed E-state index contributed by atoms with van der Waals surface area (Å²) in [6.07, 6.45) is 0.106. The number of benzene rings is 1. The molecule has 8 heteroatoms. The summed E-state index contributed by atoms with van der Waals surface area (Å²) in [5, 5.41) is 5.09. The van der Waals surface area contributed by atoms with Gasteiger partial charge < -0.3 is 21.5 Å². The van der Waals surface area contributed by atoms with Crippen LogP contribution >= 0.6 is 11.3 Å². The molecule has 2 aromatic rings. The number of thiazole rings is 1. The molecule has 2 rings (SSSR count). The van der Waals surface area contributed by atoms with E-state index in [0.717, 1.165) is 5.56 Å². The fourth-order valence-electron chi connectivity index (χ4n) is 1.99. The molecule has 0 aliphatic heterocycles. The minimum Gasteiger partial charge on any atom is -0.450 e. The average molecular weight is 333 g/mol. The minimum atomic E-state index is -0.482. The highest BCUT2D eigenvalue weighted by molar-refractivity contribution is 7.13. The summed E-state index contributed by atoms with van der Waals surface area (Å²) in [4.78, 5) is 20.1. The Morgan fingerprint density at radius 1 is 1.39 bits per heavy atom. The van der Waals surface area contributed by atoms with E-state index >= 15 is 0 Å². The van der Waals surface area contributed by atoms with Crippen LogP contribution in [0.1, 0.15) is 24.2 Å². The Morgan fingerprint density at radius 2 is 2.13 bits per heavy atom. The van der Waals surface area contributed by atoms with Gasteiger partial charge in [-0.3, -0.25) is 0 Å². The standard InChI is InChI=1S/C15H19N5O2S/c1-2-22-15(21)19-11(8-10-6-4-3-5-7-10)12-9-23-14(18-12)20-13(16)17/h3-7,9,11H,2,8H2,1H3,(H,19,21)(H4,16,17,18,20)/t11-/m0/s1. The van der Waals surface area contributed by atoms with Gasteiger partial charge in [0.25, 0.3) is 0 Å². The first kappa shape index (κ1) is 16.8. The van der Waals surface area contributed by atoms with Gasteiger partial charge in [-0.2, -0.15) is 4.99 Å². The third-order valence-electron chi connectivity index (χ3n) is 2.94. The van der Waals surface area contributed by atoms with Gasteiger partial charge >= 0.3 is 6.09 Å². The first-order valence-electron chi connectivity index (χ1n) is 7.10. The molecule has 1 amide bonds. The van der Waals surface area contributed by atoms with Crippen LogP contribution in [0.3, 0.4) is 0 Å². The molecular formula is C15H19N5O2S. The van der Waals surface area contributed by atoms with Crippen LogP contribution in [-0.4, -0.2) is 23.6 Å². The van der Waals surface area contributed by atoms with Crippen molar-refractivity contribution < 1.29 is 9.53 Å². The zero-order valence-electron chi connectivity index (χ0n) is 12.7. The second-order valence-electron chi connectivity index (χ2n) is 4.70. The second-order valence-corrected chi connectivity index (χ2v) is 5.54. The molecule has 122 valence electrons. The van der Waals surface area contributed by atoms with E-state index in [0.29, 0.717) is 23.9 Å². The van der Waals surface area contributed by atoms with Crippen molar-refractivity contribution in [2.75, 3.05) is 6.61 Å². The number of hydrogen-bond acceptors (Lipinski definition) is 5. The number of aromatic nitrogens is 1. The average Bonchev–Trinajstić information content (AvgIpc) is 2.95. The molecule has 1 atom stereocenters. The molecule has 7 nitrogen and oxygen atoms in total. The number of ether oxygens (including phenoxy) is 1. The van der Waals surface area contributed by atoms with Crippen molar-refractivity contribution in [1.82, 2.24) is 10.3 Å². The number of carbonyl (C=O) groups is 1. The van der Waals surface area contributed by atoms with E-state index in [1.165, 1.54) is 11.3 Å². The van der Waals surface area contributed by atoms with Gasteiger partial charge in [0.1, 0.15) is 0 Å². The Balaban J connectivity index is 2.20. The van der Waals surface area contributed by atoms with Crippen LogP contribution in [0.4, 0.5) is 9.93 Å². The number of aliphatic imine (C=N–C) groups is 1. The molecular weight excluding hydrogens is 314 g/mol. The molecule has 0 unspecified atom stereocenters. The quantitative estimate of drug-likeness (QED) is 0.553. The number of carbonyl (C=O) groups excluding carboxylic acids is 1. The Kier molecular flexibility index (Phi) is 5.93. The van der Waals surface area contributed by atoms with Crippen LogP contribution < -0.4 is 16.8 Å². The molecule has 0 spiro atoms. The molecule has 0 fully saturated rings. The van der Waals surface area contributed by atoms with E-state index in [1.54, 1.807) is 6.92 Å². The third kappa shape index (κ3) is 5.26. The van der Waals surface area contributed by atoms with Gasteiger partial charge in [0, 0.05) is 5.38 Å². The smallest absolute Gasteiger partial charge is 0.407 e. The molecule has 5 N–H and O–H groups in total. The topological polar surface area (TPSA) is 116 Å². The number of alkyl carbamates (subject to hydrolysis) is 1. The summed E-state index contributed by atoms with van der Waals surface area (Å²) >= 11 is 1.31. The van der Waals surface area contributed by atoms with Crippen molar-refractivity contribution >= 4 is 28.5 Å². The molecule has 0 aliphatic rings. The number of hydrogen-bond donors (Lipinski definition) is 3. The molecule has 0 saturated carbocycles. The van der Waals surface area contributed by atoms with E-state index in [4.69, 9.17) is 16.2 Å². The van der Waals surface area contributed by atoms with E-state index in [1.807, 2.05) is 35.7 Å². The van der Waals surface area contributed by atoms with Crippen molar-refractivity contribution in [1.29, 1.82) is 0 Å². The Bertz CT molecular complexity index is 668. The first-order chi connectivity index (χ1) is 11.1. The Morgan fingerprint density at radius 3 is 2.78 bits per heavy atom. The van der Waals surface area contributed by atoms with E-state index < -0.39 is 6.09 Å². The van der Waals surface area contributed by atoms with Crippen molar-refractivity contribution in [3.63, 3.8) is 0 Å². The zero-order chi connectivity index (χ0) is 16.7. The Labute approximate surface area is 138 Å². The predicted octanol–water partition coefficient (Wildman–Crippen LogP) is 2.08. The number of nitrogens with two attached hydrogens (primary N) is 2. The third-order valence-corrected chi connectivity index (χ3v) is 3.69. The van der Waals surface area contributed by atoms with Gasteiger partial charge in [-0.05, 0) is 18.9 Å². The van der Waals surface area contributed by atoms with E-state index in [-0.39, 0.29) is 12.0 Å². The number of nitrogens with one attached hydrogen (secondary N) is 1. The van der Waals surface area contributed by atoms with Crippen LogP contribution in [0.25, 0.3) is 0 Å². The lowest BCUT2D eigenvalue weighted by atomic mass is 10.0. The summed E-state index contributed by atoms with van der Waals surface area (Å²) in [7, 11) is 0. The van der Waals surface area contributed by atoms with Gasteiger partial charge in [-0.25, -0.2) is 9.78 Å². The normalized spacial score (nSPS) is 11.5. The van der Waals surface area contributed by atoms with Crippen LogP contribution in [0.5, 0.6) is 0 Å². The highest BCUT2D eigenvalue weighted by Crippen LogP contribution is 2.25. The summed E-state index contributed by atoms with van der Waals surface area (Å²) in [5.41, 5.74) is 12.5. The van der Waals surface area contributed by atoms with Gasteiger partial charge in [-0.15, -0.1) is 11.3 Å². The SMILES string of the molecule is CCOC(=O)N[C@@H](Cc1ccccc1)c1csc(N=C(N)N)n1. The highest BCUT2D eigenvalue weighted by Gasteiger charge is 2.19. The molecule has 0 aliphatic carbocycles. The van der Waals surface area contributed by atoms with Crippen LogP contribution in [-0.2, 0) is 11.2 Å². The number of rotatable bonds is 6. The summed E-state index contributed by atoms with van der Waals surface area (Å²) in [5.74, 6) is -0.0520. The van der Waals surface area contributed by atoms with Crippen LogP contribution in [0.2, 0.25) is 0 Å². The lowest BCUT2D eigenvalue weighted by Gasteiger charge is -2.16. The fourth-order valence-corrected chi connectivity index (χ4v) is 2.75. The Hall–Kier alpha value is -2.61. The van der Waals surface area contributed by atoms with Crippen LogP contribution in [0, 0.1) is 0 Å². The summed E-state index contributed by atoms with van der Waals surface area (Å²) < 4.78 is 4.96. The van der Waals surface area contributed by atoms with Crippen molar-refractivity contribution in [2.45, 2.75) is 19.4 Å². The largest absolute Gasteiger partial charge is 0.450 e. The predicted molar refractivity (Wildman–Crippen MR) is 90.6 cm³/mol.